The monoisotopic (exact) mass is 302 g/mol. The van der Waals surface area contributed by atoms with Crippen LogP contribution in [0.1, 0.15) is 13.8 Å². The van der Waals surface area contributed by atoms with E-state index in [4.69, 9.17) is 23.7 Å². The molecule has 0 spiro atoms. The van der Waals surface area contributed by atoms with Gasteiger partial charge in [-0.25, -0.2) is 0 Å². The van der Waals surface area contributed by atoms with Crippen molar-refractivity contribution in [3.05, 3.63) is 25.3 Å². The van der Waals surface area contributed by atoms with Crippen LogP contribution in [0.15, 0.2) is 25.3 Å². The van der Waals surface area contributed by atoms with Crippen LogP contribution in [-0.2, 0) is 23.7 Å². The smallest absolute Gasteiger partial charge is 0.0987 e. The summed E-state index contributed by atoms with van der Waals surface area (Å²) in [4.78, 5) is 0. The summed E-state index contributed by atoms with van der Waals surface area (Å²) < 4.78 is 27.1. The Morgan fingerprint density at radius 1 is 0.714 bits per heavy atom. The van der Waals surface area contributed by atoms with Gasteiger partial charge in [0.25, 0.3) is 0 Å². The summed E-state index contributed by atoms with van der Waals surface area (Å²) in [5.41, 5.74) is 0. The summed E-state index contributed by atoms with van der Waals surface area (Å²) in [7, 11) is 0. The molecule has 0 aromatic heterocycles. The van der Waals surface area contributed by atoms with Crippen LogP contribution in [0.25, 0.3) is 0 Å². The van der Waals surface area contributed by atoms with E-state index in [0.717, 1.165) is 0 Å². The van der Waals surface area contributed by atoms with E-state index in [1.807, 2.05) is 13.8 Å². The molecule has 0 bridgehead atoms. The first kappa shape index (κ1) is 20.3. The summed E-state index contributed by atoms with van der Waals surface area (Å²) in [5.74, 6) is 0. The van der Waals surface area contributed by atoms with Crippen molar-refractivity contribution in [1.82, 2.24) is 0 Å². The third-order valence-electron chi connectivity index (χ3n) is 2.62. The van der Waals surface area contributed by atoms with Crippen molar-refractivity contribution in [3.63, 3.8) is 0 Å². The van der Waals surface area contributed by atoms with Crippen LogP contribution >= 0.6 is 0 Å². The summed E-state index contributed by atoms with van der Waals surface area (Å²) in [6.45, 7) is 15.9. The lowest BCUT2D eigenvalue weighted by atomic mass is 10.3. The van der Waals surface area contributed by atoms with Gasteiger partial charge in [0.1, 0.15) is 0 Å². The largest absolute Gasteiger partial charge is 0.379 e. The fraction of sp³-hybridized carbons (Fsp3) is 0.750. The van der Waals surface area contributed by atoms with E-state index in [9.17, 15) is 0 Å². The number of ether oxygens (including phenoxy) is 5. The van der Waals surface area contributed by atoms with Crippen LogP contribution in [0.4, 0.5) is 0 Å². The Morgan fingerprint density at radius 2 is 1.14 bits per heavy atom. The van der Waals surface area contributed by atoms with E-state index in [1.165, 1.54) is 0 Å². The normalized spacial score (nSPS) is 13.8. The third kappa shape index (κ3) is 12.7. The number of hydrogen-bond donors (Lipinski definition) is 0. The molecular weight excluding hydrogens is 272 g/mol. The Morgan fingerprint density at radius 3 is 1.48 bits per heavy atom. The van der Waals surface area contributed by atoms with Crippen molar-refractivity contribution in [2.45, 2.75) is 26.1 Å². The van der Waals surface area contributed by atoms with Crippen LogP contribution in [-0.4, -0.2) is 65.1 Å². The van der Waals surface area contributed by atoms with Gasteiger partial charge in [-0.2, -0.15) is 0 Å². The molecule has 0 heterocycles. The lowest BCUT2D eigenvalue weighted by Gasteiger charge is -2.17. The Balaban J connectivity index is 3.69. The molecule has 0 saturated heterocycles. The molecule has 21 heavy (non-hydrogen) atoms. The lowest BCUT2D eigenvalue weighted by Crippen LogP contribution is -2.25. The first-order valence-electron chi connectivity index (χ1n) is 7.49. The molecule has 5 heteroatoms. The van der Waals surface area contributed by atoms with Crippen molar-refractivity contribution in [1.29, 1.82) is 0 Å². The molecule has 0 aliphatic heterocycles. The van der Waals surface area contributed by atoms with Crippen molar-refractivity contribution in [3.8, 4) is 0 Å². The lowest BCUT2D eigenvalue weighted by molar-refractivity contribution is -0.0480. The minimum atomic E-state index is -0.139. The highest BCUT2D eigenvalue weighted by Crippen LogP contribution is 1.99. The van der Waals surface area contributed by atoms with Crippen LogP contribution in [0.2, 0.25) is 0 Å². The molecule has 0 fully saturated rings. The molecular formula is C16H30O5. The SMILES string of the molecule is C=CC(COCC(C=C)OCCOCC)OCCOCC. The standard InChI is InChI=1S/C16H30O5/c1-5-15(20-11-9-17-7-3)13-19-14-16(6-2)21-12-10-18-8-4/h5-6,15-16H,1-2,7-14H2,3-4H3. The van der Waals surface area contributed by atoms with Gasteiger partial charge in [-0.05, 0) is 13.8 Å². The van der Waals surface area contributed by atoms with Gasteiger partial charge in [0.2, 0.25) is 0 Å². The minimum Gasteiger partial charge on any atom is -0.379 e. The summed E-state index contributed by atoms with van der Waals surface area (Å²) in [5, 5.41) is 0. The molecule has 0 radical (unpaired) electrons. The Hall–Kier alpha value is -0.720. The fourth-order valence-corrected chi connectivity index (χ4v) is 1.47. The molecule has 0 N–H and O–H groups in total. The predicted molar refractivity (Wildman–Crippen MR) is 83.7 cm³/mol. The zero-order valence-corrected chi connectivity index (χ0v) is 13.4. The van der Waals surface area contributed by atoms with Gasteiger partial charge in [0, 0.05) is 13.2 Å². The number of hydrogen-bond acceptors (Lipinski definition) is 5. The minimum absolute atomic E-state index is 0.139. The van der Waals surface area contributed by atoms with Gasteiger partial charge in [-0.15, -0.1) is 13.2 Å². The van der Waals surface area contributed by atoms with Crippen LogP contribution < -0.4 is 0 Å². The van der Waals surface area contributed by atoms with Crippen LogP contribution in [0, 0.1) is 0 Å². The first-order valence-corrected chi connectivity index (χ1v) is 7.49. The molecule has 0 amide bonds. The summed E-state index contributed by atoms with van der Waals surface area (Å²) >= 11 is 0. The van der Waals surface area contributed by atoms with Gasteiger partial charge in [-0.3, -0.25) is 0 Å². The van der Waals surface area contributed by atoms with E-state index < -0.39 is 0 Å². The van der Waals surface area contributed by atoms with E-state index in [2.05, 4.69) is 13.2 Å². The van der Waals surface area contributed by atoms with Crippen molar-refractivity contribution < 1.29 is 23.7 Å². The summed E-state index contributed by atoms with van der Waals surface area (Å²) in [6, 6.07) is 0. The average Bonchev–Trinajstić information content (AvgIpc) is 2.51. The van der Waals surface area contributed by atoms with Crippen molar-refractivity contribution >= 4 is 0 Å². The molecule has 0 aromatic carbocycles. The van der Waals surface area contributed by atoms with Gasteiger partial charge < -0.3 is 23.7 Å². The first-order chi connectivity index (χ1) is 10.3. The van der Waals surface area contributed by atoms with Crippen molar-refractivity contribution in [2.75, 3.05) is 52.9 Å². The van der Waals surface area contributed by atoms with E-state index in [0.29, 0.717) is 52.9 Å². The topological polar surface area (TPSA) is 46.2 Å². The van der Waals surface area contributed by atoms with Gasteiger partial charge >= 0.3 is 0 Å². The second kappa shape index (κ2) is 15.7. The molecule has 0 aliphatic carbocycles. The highest BCUT2D eigenvalue weighted by Gasteiger charge is 2.08. The molecule has 2 unspecified atom stereocenters. The molecule has 5 nitrogen and oxygen atoms in total. The summed E-state index contributed by atoms with van der Waals surface area (Å²) in [6.07, 6.45) is 3.17. The Bertz CT molecular complexity index is 221. The molecule has 0 saturated carbocycles. The zero-order valence-electron chi connectivity index (χ0n) is 13.4. The molecule has 0 rings (SSSR count). The molecule has 2 atom stereocenters. The highest BCUT2D eigenvalue weighted by molar-refractivity contribution is 4.82. The van der Waals surface area contributed by atoms with Gasteiger partial charge in [-0.1, -0.05) is 12.2 Å². The average molecular weight is 302 g/mol. The maximum atomic E-state index is 5.58. The maximum absolute atomic E-state index is 5.58. The van der Waals surface area contributed by atoms with Crippen LogP contribution in [0.5, 0.6) is 0 Å². The second-order valence-corrected chi connectivity index (χ2v) is 4.22. The van der Waals surface area contributed by atoms with E-state index in [1.54, 1.807) is 12.2 Å². The van der Waals surface area contributed by atoms with Crippen molar-refractivity contribution in [2.24, 2.45) is 0 Å². The Labute approximate surface area is 128 Å². The van der Waals surface area contributed by atoms with Gasteiger partial charge in [0.05, 0.1) is 51.8 Å². The fourth-order valence-electron chi connectivity index (χ4n) is 1.47. The maximum Gasteiger partial charge on any atom is 0.0987 e. The Kier molecular flexibility index (Phi) is 15.1. The highest BCUT2D eigenvalue weighted by atomic mass is 16.6. The van der Waals surface area contributed by atoms with E-state index >= 15 is 0 Å². The quantitative estimate of drug-likeness (QED) is 0.323. The zero-order chi connectivity index (χ0) is 15.8. The second-order valence-electron chi connectivity index (χ2n) is 4.22. The molecule has 124 valence electrons. The third-order valence-corrected chi connectivity index (χ3v) is 2.62. The molecule has 0 aliphatic rings. The van der Waals surface area contributed by atoms with Crippen LogP contribution in [0.3, 0.4) is 0 Å². The molecule has 0 aromatic rings. The van der Waals surface area contributed by atoms with E-state index in [-0.39, 0.29) is 12.2 Å². The number of rotatable bonds is 16. The predicted octanol–water partition coefficient (Wildman–Crippen LogP) is 2.22. The van der Waals surface area contributed by atoms with Gasteiger partial charge in [0.15, 0.2) is 0 Å².